The number of likely N-dealkylation sites (tertiary alicyclic amines) is 1. The number of hydrogen-bond acceptors (Lipinski definition) is 7. The van der Waals surface area contributed by atoms with Crippen LogP contribution in [0.5, 0.6) is 0 Å². The Bertz CT molecular complexity index is 730. The molecule has 12 heteroatoms. The second kappa shape index (κ2) is 14.5. The van der Waals surface area contributed by atoms with Crippen LogP contribution in [0.4, 0.5) is 0 Å². The molecule has 1 saturated heterocycles. The van der Waals surface area contributed by atoms with Crippen LogP contribution in [0.15, 0.2) is 0 Å². The number of nitrogens with zero attached hydrogens (tertiary/aromatic N) is 1. The summed E-state index contributed by atoms with van der Waals surface area (Å²) >= 11 is 0. The number of carbonyl (C=O) groups is 5. The molecule has 1 fully saturated rings. The van der Waals surface area contributed by atoms with E-state index < -0.39 is 53.8 Å². The molecule has 1 aliphatic rings. The van der Waals surface area contributed by atoms with Crippen molar-refractivity contribution >= 4 is 29.7 Å². The summed E-state index contributed by atoms with van der Waals surface area (Å²) in [5.41, 5.74) is 11.3. The standard InChI is InChI=1S/C22H39N5O7/c1-13(2)12-16(22(33)34)26-20(31)17-7-5-11-27(17)21(32)15(6-3-4-10-23)25-19(30)14(24)8-9-18(28)29/h13-17H,3-12,23-24H2,1-2H3,(H,25,30)(H,26,31)(H,28,29)(H,33,34). The van der Waals surface area contributed by atoms with Crippen molar-refractivity contribution in [3.8, 4) is 0 Å². The molecule has 0 aromatic rings. The van der Waals surface area contributed by atoms with Gasteiger partial charge in [0.05, 0.1) is 6.04 Å². The number of carboxylic acids is 2. The Hall–Kier alpha value is -2.73. The highest BCUT2D eigenvalue weighted by Crippen LogP contribution is 2.21. The molecule has 3 amide bonds. The van der Waals surface area contributed by atoms with Gasteiger partial charge in [-0.3, -0.25) is 19.2 Å². The number of unbranched alkanes of at least 4 members (excludes halogenated alkanes) is 1. The van der Waals surface area contributed by atoms with E-state index in [4.69, 9.17) is 16.6 Å². The molecule has 0 radical (unpaired) electrons. The quantitative estimate of drug-likeness (QED) is 0.163. The van der Waals surface area contributed by atoms with E-state index in [0.29, 0.717) is 38.8 Å². The molecule has 4 unspecified atom stereocenters. The van der Waals surface area contributed by atoms with Gasteiger partial charge in [0.25, 0.3) is 0 Å². The summed E-state index contributed by atoms with van der Waals surface area (Å²) in [7, 11) is 0. The molecule has 194 valence electrons. The summed E-state index contributed by atoms with van der Waals surface area (Å²) in [6.07, 6.45) is 2.31. The monoisotopic (exact) mass is 485 g/mol. The van der Waals surface area contributed by atoms with Crippen molar-refractivity contribution in [2.24, 2.45) is 17.4 Å². The maximum Gasteiger partial charge on any atom is 0.326 e. The summed E-state index contributed by atoms with van der Waals surface area (Å²) in [5.74, 6) is -3.80. The Kier molecular flexibility index (Phi) is 12.5. The van der Waals surface area contributed by atoms with Gasteiger partial charge < -0.3 is 37.2 Å². The molecule has 0 aromatic carbocycles. The van der Waals surface area contributed by atoms with E-state index in [1.165, 1.54) is 4.90 Å². The molecule has 0 bridgehead atoms. The van der Waals surface area contributed by atoms with Crippen LogP contribution in [0.25, 0.3) is 0 Å². The van der Waals surface area contributed by atoms with Crippen molar-refractivity contribution in [3.63, 3.8) is 0 Å². The van der Waals surface area contributed by atoms with E-state index >= 15 is 0 Å². The minimum atomic E-state index is -1.14. The van der Waals surface area contributed by atoms with Crippen LogP contribution in [0, 0.1) is 5.92 Å². The van der Waals surface area contributed by atoms with Crippen LogP contribution in [-0.2, 0) is 24.0 Å². The zero-order valence-electron chi connectivity index (χ0n) is 20.0. The lowest BCUT2D eigenvalue weighted by molar-refractivity contribution is -0.145. The largest absolute Gasteiger partial charge is 0.481 e. The second-order valence-corrected chi connectivity index (χ2v) is 9.10. The van der Waals surface area contributed by atoms with E-state index in [9.17, 15) is 29.1 Å². The van der Waals surface area contributed by atoms with Crippen molar-refractivity contribution in [2.75, 3.05) is 13.1 Å². The first-order chi connectivity index (χ1) is 16.0. The molecule has 0 spiro atoms. The van der Waals surface area contributed by atoms with Crippen LogP contribution < -0.4 is 22.1 Å². The van der Waals surface area contributed by atoms with Gasteiger partial charge in [-0.1, -0.05) is 13.8 Å². The van der Waals surface area contributed by atoms with Crippen molar-refractivity contribution in [1.29, 1.82) is 0 Å². The fraction of sp³-hybridized carbons (Fsp3) is 0.773. The Balaban J connectivity index is 2.92. The van der Waals surface area contributed by atoms with Crippen LogP contribution in [0.1, 0.15) is 65.2 Å². The van der Waals surface area contributed by atoms with Crippen LogP contribution >= 0.6 is 0 Å². The van der Waals surface area contributed by atoms with Crippen molar-refractivity contribution < 1.29 is 34.2 Å². The lowest BCUT2D eigenvalue weighted by Gasteiger charge is -2.30. The van der Waals surface area contributed by atoms with E-state index in [-0.39, 0.29) is 31.6 Å². The van der Waals surface area contributed by atoms with Gasteiger partial charge in [-0.05, 0) is 57.4 Å². The first-order valence-electron chi connectivity index (χ1n) is 11.8. The normalized spacial score (nSPS) is 18.3. The molecule has 8 N–H and O–H groups in total. The molecule has 34 heavy (non-hydrogen) atoms. The molecule has 0 saturated carbocycles. The third-order valence-electron chi connectivity index (χ3n) is 5.73. The Labute approximate surface area is 199 Å². The molecule has 4 atom stereocenters. The summed E-state index contributed by atoms with van der Waals surface area (Å²) < 4.78 is 0. The van der Waals surface area contributed by atoms with E-state index in [0.717, 1.165) is 0 Å². The number of nitrogens with one attached hydrogen (secondary N) is 2. The van der Waals surface area contributed by atoms with Gasteiger partial charge in [0.2, 0.25) is 17.7 Å². The highest BCUT2D eigenvalue weighted by atomic mass is 16.4. The predicted octanol–water partition coefficient (Wildman–Crippen LogP) is -0.601. The van der Waals surface area contributed by atoms with Gasteiger partial charge in [0.15, 0.2) is 0 Å². The van der Waals surface area contributed by atoms with E-state index in [1.807, 2.05) is 13.8 Å². The zero-order chi connectivity index (χ0) is 25.8. The highest BCUT2D eigenvalue weighted by molar-refractivity contribution is 5.94. The summed E-state index contributed by atoms with van der Waals surface area (Å²) in [6.45, 7) is 4.41. The lowest BCUT2D eigenvalue weighted by Crippen LogP contribution is -2.56. The number of amides is 3. The molecule has 1 heterocycles. The summed E-state index contributed by atoms with van der Waals surface area (Å²) in [6, 6.07) is -3.94. The van der Waals surface area contributed by atoms with Crippen molar-refractivity contribution in [2.45, 2.75) is 89.4 Å². The predicted molar refractivity (Wildman–Crippen MR) is 123 cm³/mol. The second-order valence-electron chi connectivity index (χ2n) is 9.10. The first kappa shape index (κ1) is 29.3. The maximum absolute atomic E-state index is 13.3. The van der Waals surface area contributed by atoms with Gasteiger partial charge in [0, 0.05) is 13.0 Å². The topological polar surface area (TPSA) is 205 Å². The molecule has 0 aliphatic carbocycles. The Morgan fingerprint density at radius 1 is 1.03 bits per heavy atom. The average Bonchev–Trinajstić information content (AvgIpc) is 3.25. The maximum atomic E-state index is 13.3. The molecule has 1 aliphatic heterocycles. The van der Waals surface area contributed by atoms with Crippen LogP contribution in [0.3, 0.4) is 0 Å². The summed E-state index contributed by atoms with van der Waals surface area (Å²) in [4.78, 5) is 62.3. The number of rotatable bonds is 15. The lowest BCUT2D eigenvalue weighted by atomic mass is 10.0. The van der Waals surface area contributed by atoms with Gasteiger partial charge in [-0.25, -0.2) is 4.79 Å². The van der Waals surface area contributed by atoms with Gasteiger partial charge in [-0.15, -0.1) is 0 Å². The molecular weight excluding hydrogens is 446 g/mol. The van der Waals surface area contributed by atoms with Crippen molar-refractivity contribution in [3.05, 3.63) is 0 Å². The van der Waals surface area contributed by atoms with Gasteiger partial charge >= 0.3 is 11.9 Å². The number of carbonyl (C=O) groups excluding carboxylic acids is 3. The van der Waals surface area contributed by atoms with Gasteiger partial charge in [-0.2, -0.15) is 0 Å². The average molecular weight is 486 g/mol. The molecule has 1 rings (SSSR count). The molecule has 12 nitrogen and oxygen atoms in total. The summed E-state index contributed by atoms with van der Waals surface area (Å²) in [5, 5.41) is 23.4. The first-order valence-corrected chi connectivity index (χ1v) is 11.8. The smallest absolute Gasteiger partial charge is 0.326 e. The third-order valence-corrected chi connectivity index (χ3v) is 5.73. The van der Waals surface area contributed by atoms with Crippen LogP contribution in [-0.4, -0.2) is 82.0 Å². The molecule has 0 aromatic heterocycles. The van der Waals surface area contributed by atoms with Crippen molar-refractivity contribution in [1.82, 2.24) is 15.5 Å². The minimum absolute atomic E-state index is 0.0511. The van der Waals surface area contributed by atoms with E-state index in [1.54, 1.807) is 0 Å². The fourth-order valence-electron chi connectivity index (χ4n) is 3.90. The number of hydrogen-bond donors (Lipinski definition) is 6. The Morgan fingerprint density at radius 2 is 1.71 bits per heavy atom. The fourth-order valence-corrected chi connectivity index (χ4v) is 3.90. The van der Waals surface area contributed by atoms with Gasteiger partial charge in [0.1, 0.15) is 18.1 Å². The zero-order valence-corrected chi connectivity index (χ0v) is 20.0. The number of carboxylic acid groups (broad SMARTS) is 2. The Morgan fingerprint density at radius 3 is 2.26 bits per heavy atom. The van der Waals surface area contributed by atoms with E-state index in [2.05, 4.69) is 10.6 Å². The molecular formula is C22H39N5O7. The highest BCUT2D eigenvalue weighted by Gasteiger charge is 2.39. The minimum Gasteiger partial charge on any atom is -0.481 e. The van der Waals surface area contributed by atoms with Crippen LogP contribution in [0.2, 0.25) is 0 Å². The number of nitrogens with two attached hydrogens (primary N) is 2. The third kappa shape index (κ3) is 9.64. The number of aliphatic carboxylic acids is 2. The SMILES string of the molecule is CC(C)CC(NC(=O)C1CCCN1C(=O)C(CCCCN)NC(=O)C(N)CCC(=O)O)C(=O)O.